The number of benzene rings is 1. The number of anilines is 1. The number of aryl methyl sites for hydroxylation is 1. The van der Waals surface area contributed by atoms with Gasteiger partial charge in [-0.25, -0.2) is 4.68 Å². The summed E-state index contributed by atoms with van der Waals surface area (Å²) in [5, 5.41) is 4.54. The maximum atomic E-state index is 6.03. The topological polar surface area (TPSA) is 53.1 Å². The second kappa shape index (κ2) is 4.72. The Bertz CT molecular complexity index is 558. The van der Waals surface area contributed by atoms with Crippen molar-refractivity contribution in [2.75, 3.05) is 12.8 Å². The number of rotatable bonds is 3. The molecule has 0 amide bonds. The Morgan fingerprint density at radius 2 is 2.00 bits per heavy atom. The maximum absolute atomic E-state index is 6.03. The first-order valence-electron chi connectivity index (χ1n) is 6.03. The molecule has 1 heterocycles. The van der Waals surface area contributed by atoms with Gasteiger partial charge in [0.25, 0.3) is 0 Å². The first-order chi connectivity index (χ1) is 8.52. The Hall–Kier alpha value is -1.97. The van der Waals surface area contributed by atoms with Crippen molar-refractivity contribution in [3.05, 3.63) is 35.5 Å². The third kappa shape index (κ3) is 2.18. The molecule has 0 saturated carbocycles. The van der Waals surface area contributed by atoms with Crippen LogP contribution in [0.5, 0.6) is 5.75 Å². The van der Waals surface area contributed by atoms with Crippen LogP contribution in [0, 0.1) is 6.92 Å². The Labute approximate surface area is 107 Å². The van der Waals surface area contributed by atoms with E-state index in [0.717, 1.165) is 22.7 Å². The zero-order chi connectivity index (χ0) is 13.3. The molecule has 2 rings (SSSR count). The fourth-order valence-electron chi connectivity index (χ4n) is 1.86. The van der Waals surface area contributed by atoms with Crippen molar-refractivity contribution in [3.63, 3.8) is 0 Å². The van der Waals surface area contributed by atoms with Gasteiger partial charge in [-0.1, -0.05) is 19.9 Å². The first kappa shape index (κ1) is 12.5. The molecule has 1 aromatic heterocycles. The van der Waals surface area contributed by atoms with Gasteiger partial charge in [0.15, 0.2) is 0 Å². The van der Waals surface area contributed by atoms with E-state index in [9.17, 15) is 0 Å². The van der Waals surface area contributed by atoms with Crippen molar-refractivity contribution in [2.45, 2.75) is 26.7 Å². The predicted octanol–water partition coefficient (Wildman–Crippen LogP) is 2.89. The fourth-order valence-corrected chi connectivity index (χ4v) is 1.86. The van der Waals surface area contributed by atoms with E-state index >= 15 is 0 Å². The van der Waals surface area contributed by atoms with Crippen LogP contribution in [-0.2, 0) is 0 Å². The minimum Gasteiger partial charge on any atom is -0.494 e. The molecule has 0 fully saturated rings. The van der Waals surface area contributed by atoms with Gasteiger partial charge in [-0.05, 0) is 30.5 Å². The zero-order valence-electron chi connectivity index (χ0n) is 11.3. The number of nitrogens with two attached hydrogens (primary N) is 1. The summed E-state index contributed by atoms with van der Waals surface area (Å²) >= 11 is 0. The average molecular weight is 245 g/mol. The Morgan fingerprint density at radius 1 is 1.28 bits per heavy atom. The van der Waals surface area contributed by atoms with Crippen LogP contribution in [0.3, 0.4) is 0 Å². The number of nitrogens with zero attached hydrogens (tertiary/aromatic N) is 2. The summed E-state index contributed by atoms with van der Waals surface area (Å²) in [5.74, 6) is 1.75. The molecule has 0 unspecified atom stereocenters. The van der Waals surface area contributed by atoms with Crippen LogP contribution < -0.4 is 10.5 Å². The van der Waals surface area contributed by atoms with E-state index < -0.39 is 0 Å². The quantitative estimate of drug-likeness (QED) is 0.904. The Morgan fingerprint density at radius 3 is 2.56 bits per heavy atom. The lowest BCUT2D eigenvalue weighted by Gasteiger charge is -2.10. The number of ether oxygens (including phenoxy) is 1. The molecule has 0 aliphatic rings. The molecule has 96 valence electrons. The fraction of sp³-hybridized carbons (Fsp3) is 0.357. The third-order valence-electron chi connectivity index (χ3n) is 2.91. The molecule has 0 aliphatic heterocycles. The monoisotopic (exact) mass is 245 g/mol. The van der Waals surface area contributed by atoms with E-state index in [1.165, 1.54) is 0 Å². The molecular weight excluding hydrogens is 226 g/mol. The van der Waals surface area contributed by atoms with Gasteiger partial charge in [0, 0.05) is 6.07 Å². The lowest BCUT2D eigenvalue weighted by molar-refractivity contribution is 0.411. The van der Waals surface area contributed by atoms with E-state index in [1.54, 1.807) is 11.8 Å². The lowest BCUT2D eigenvalue weighted by atomic mass is 10.1. The highest BCUT2D eigenvalue weighted by Gasteiger charge is 2.13. The molecule has 0 aliphatic carbocycles. The second-order valence-corrected chi connectivity index (χ2v) is 4.74. The highest BCUT2D eigenvalue weighted by atomic mass is 16.5. The molecule has 4 heteroatoms. The number of nitrogen functional groups attached to an aromatic ring is 1. The van der Waals surface area contributed by atoms with E-state index in [1.807, 2.05) is 31.2 Å². The number of methoxy groups -OCH3 is 1. The first-order valence-corrected chi connectivity index (χ1v) is 6.03. The van der Waals surface area contributed by atoms with Crippen LogP contribution >= 0.6 is 0 Å². The van der Waals surface area contributed by atoms with Gasteiger partial charge in [0.1, 0.15) is 17.3 Å². The van der Waals surface area contributed by atoms with Gasteiger partial charge < -0.3 is 10.5 Å². The number of hydrogen-bond donors (Lipinski definition) is 1. The van der Waals surface area contributed by atoms with Gasteiger partial charge in [-0.15, -0.1) is 0 Å². The molecule has 0 bridgehead atoms. The van der Waals surface area contributed by atoms with E-state index in [2.05, 4.69) is 18.9 Å². The van der Waals surface area contributed by atoms with Crippen molar-refractivity contribution in [2.24, 2.45) is 0 Å². The molecule has 0 radical (unpaired) electrons. The zero-order valence-corrected chi connectivity index (χ0v) is 11.3. The number of aromatic nitrogens is 2. The van der Waals surface area contributed by atoms with Crippen molar-refractivity contribution in [1.82, 2.24) is 9.78 Å². The lowest BCUT2D eigenvalue weighted by Crippen LogP contribution is -2.04. The molecular formula is C14H19N3O. The van der Waals surface area contributed by atoms with Gasteiger partial charge in [0.2, 0.25) is 0 Å². The van der Waals surface area contributed by atoms with Crippen molar-refractivity contribution < 1.29 is 4.74 Å². The molecule has 0 saturated heterocycles. The van der Waals surface area contributed by atoms with Gasteiger partial charge in [0.05, 0.1) is 12.8 Å². The number of hydrogen-bond acceptors (Lipinski definition) is 3. The van der Waals surface area contributed by atoms with Gasteiger partial charge in [-0.3, -0.25) is 0 Å². The molecule has 18 heavy (non-hydrogen) atoms. The van der Waals surface area contributed by atoms with Crippen LogP contribution in [0.1, 0.15) is 31.0 Å². The van der Waals surface area contributed by atoms with Crippen molar-refractivity contribution in [3.8, 4) is 11.4 Å². The average Bonchev–Trinajstić information content (AvgIpc) is 2.71. The van der Waals surface area contributed by atoms with Crippen LogP contribution in [-0.4, -0.2) is 16.9 Å². The molecule has 1 aromatic carbocycles. The summed E-state index contributed by atoms with van der Waals surface area (Å²) in [7, 11) is 1.65. The normalized spacial score (nSPS) is 10.9. The minimum atomic E-state index is 0.351. The van der Waals surface area contributed by atoms with Gasteiger partial charge >= 0.3 is 0 Å². The molecule has 2 N–H and O–H groups in total. The highest BCUT2D eigenvalue weighted by Crippen LogP contribution is 2.27. The van der Waals surface area contributed by atoms with Crippen molar-refractivity contribution >= 4 is 5.82 Å². The molecule has 2 aromatic rings. The summed E-state index contributed by atoms with van der Waals surface area (Å²) in [5.41, 5.74) is 9.03. The van der Waals surface area contributed by atoms with Crippen molar-refractivity contribution in [1.29, 1.82) is 0 Å². The smallest absolute Gasteiger partial charge is 0.144 e. The second-order valence-electron chi connectivity index (χ2n) is 4.74. The van der Waals surface area contributed by atoms with E-state index in [0.29, 0.717) is 11.7 Å². The molecule has 4 nitrogen and oxygen atoms in total. The van der Waals surface area contributed by atoms with Crippen LogP contribution in [0.15, 0.2) is 24.3 Å². The summed E-state index contributed by atoms with van der Waals surface area (Å²) in [6.07, 6.45) is 0. The summed E-state index contributed by atoms with van der Waals surface area (Å²) in [6, 6.07) is 7.87. The SMILES string of the molecule is COc1ccc(C)cc1-n1nc(C(C)C)cc1N. The molecule has 0 atom stereocenters. The van der Waals surface area contributed by atoms with Crippen LogP contribution in [0.2, 0.25) is 0 Å². The Kier molecular flexibility index (Phi) is 3.28. The standard InChI is InChI=1S/C14H19N3O/c1-9(2)11-8-14(15)17(16-11)12-7-10(3)5-6-13(12)18-4/h5-9H,15H2,1-4H3. The summed E-state index contributed by atoms with van der Waals surface area (Å²) < 4.78 is 7.10. The largest absolute Gasteiger partial charge is 0.494 e. The van der Waals surface area contributed by atoms with E-state index in [4.69, 9.17) is 10.5 Å². The Balaban J connectivity index is 2.57. The maximum Gasteiger partial charge on any atom is 0.144 e. The third-order valence-corrected chi connectivity index (χ3v) is 2.91. The molecule has 0 spiro atoms. The van der Waals surface area contributed by atoms with Crippen LogP contribution in [0.4, 0.5) is 5.82 Å². The minimum absolute atomic E-state index is 0.351. The highest BCUT2D eigenvalue weighted by molar-refractivity contribution is 5.53. The predicted molar refractivity (Wildman–Crippen MR) is 73.4 cm³/mol. The van der Waals surface area contributed by atoms with E-state index in [-0.39, 0.29) is 0 Å². The summed E-state index contributed by atoms with van der Waals surface area (Å²) in [4.78, 5) is 0. The van der Waals surface area contributed by atoms with Gasteiger partial charge in [-0.2, -0.15) is 5.10 Å². The summed E-state index contributed by atoms with van der Waals surface area (Å²) in [6.45, 7) is 6.23. The van der Waals surface area contributed by atoms with Crippen LogP contribution in [0.25, 0.3) is 5.69 Å².